The number of nitrogens with zero attached hydrogens (tertiary/aromatic N) is 2. The van der Waals surface area contributed by atoms with Gasteiger partial charge in [-0.25, -0.2) is 9.97 Å². The second-order valence-corrected chi connectivity index (χ2v) is 10.2. The normalized spacial score (nSPS) is 21.1. The van der Waals surface area contributed by atoms with E-state index in [1.165, 1.54) is 0 Å². The number of carbonyl (C=O) groups is 1. The number of hydrogen-bond donors (Lipinski definition) is 4. The van der Waals surface area contributed by atoms with Crippen LogP contribution in [0.25, 0.3) is 0 Å². The van der Waals surface area contributed by atoms with Crippen molar-refractivity contribution in [2.45, 2.75) is 65.8 Å². The number of hydrogen-bond acceptors (Lipinski definition) is 5. The molecule has 1 amide bonds. The number of aromatic nitrogens is 3. The van der Waals surface area contributed by atoms with Crippen LogP contribution in [0.2, 0.25) is 0 Å². The van der Waals surface area contributed by atoms with Gasteiger partial charge in [-0.05, 0) is 42.2 Å². The minimum atomic E-state index is -0.149. The van der Waals surface area contributed by atoms with Crippen molar-refractivity contribution in [1.82, 2.24) is 20.3 Å². The number of rotatable bonds is 6. The van der Waals surface area contributed by atoms with Crippen LogP contribution in [0.3, 0.4) is 0 Å². The topological polar surface area (TPSA) is 94.7 Å². The highest BCUT2D eigenvalue weighted by molar-refractivity contribution is 5.90. The fourth-order valence-corrected chi connectivity index (χ4v) is 3.98. The maximum Gasteiger partial charge on any atom is 0.287 e. The molecule has 7 nitrogen and oxygen atoms in total. The Balaban J connectivity index is 1.74. The molecule has 0 aliphatic heterocycles. The van der Waals surface area contributed by atoms with Gasteiger partial charge in [0.05, 0.1) is 5.69 Å². The van der Waals surface area contributed by atoms with Crippen LogP contribution in [0.1, 0.15) is 76.1 Å². The zero-order chi connectivity index (χ0) is 21.9. The summed E-state index contributed by atoms with van der Waals surface area (Å²) in [5, 5.41) is 9.94. The number of carbonyl (C=O) groups excluding carboxylic acids is 1. The van der Waals surface area contributed by atoms with E-state index in [2.05, 4.69) is 72.7 Å². The Kier molecular flexibility index (Phi) is 6.38. The van der Waals surface area contributed by atoms with Crippen molar-refractivity contribution >= 4 is 17.4 Å². The predicted octanol–water partition coefficient (Wildman–Crippen LogP) is 4.40. The summed E-state index contributed by atoms with van der Waals surface area (Å²) in [7, 11) is 1.91. The van der Waals surface area contributed by atoms with E-state index in [0.717, 1.165) is 43.0 Å². The Morgan fingerprint density at radius 1 is 1.30 bits per heavy atom. The van der Waals surface area contributed by atoms with Gasteiger partial charge in [-0.3, -0.25) is 4.79 Å². The van der Waals surface area contributed by atoms with Crippen molar-refractivity contribution in [3.63, 3.8) is 0 Å². The van der Waals surface area contributed by atoms with Crippen LogP contribution >= 0.6 is 0 Å². The molecule has 7 heteroatoms. The van der Waals surface area contributed by atoms with E-state index in [4.69, 9.17) is 4.98 Å². The van der Waals surface area contributed by atoms with E-state index in [0.29, 0.717) is 11.7 Å². The lowest BCUT2D eigenvalue weighted by Crippen LogP contribution is -2.48. The highest BCUT2D eigenvalue weighted by Crippen LogP contribution is 2.43. The van der Waals surface area contributed by atoms with Crippen LogP contribution in [0.5, 0.6) is 0 Å². The molecule has 2 heterocycles. The Labute approximate surface area is 179 Å². The predicted molar refractivity (Wildman–Crippen MR) is 122 cm³/mol. The zero-order valence-corrected chi connectivity index (χ0v) is 19.1. The number of H-pyrrole nitrogens is 1. The summed E-state index contributed by atoms with van der Waals surface area (Å²) >= 11 is 0. The zero-order valence-electron chi connectivity index (χ0n) is 19.1. The molecule has 30 heavy (non-hydrogen) atoms. The molecule has 2 unspecified atom stereocenters. The van der Waals surface area contributed by atoms with Gasteiger partial charge >= 0.3 is 0 Å². The van der Waals surface area contributed by atoms with E-state index in [1.54, 1.807) is 12.4 Å². The maximum absolute atomic E-state index is 12.6. The van der Waals surface area contributed by atoms with Crippen LogP contribution in [-0.4, -0.2) is 40.5 Å². The van der Waals surface area contributed by atoms with E-state index < -0.39 is 0 Å². The van der Waals surface area contributed by atoms with Crippen molar-refractivity contribution in [1.29, 1.82) is 0 Å². The number of imidazole rings is 1. The molecule has 1 aliphatic rings. The second kappa shape index (κ2) is 8.66. The van der Waals surface area contributed by atoms with E-state index >= 15 is 0 Å². The summed E-state index contributed by atoms with van der Waals surface area (Å²) in [6, 6.07) is 4.31. The van der Waals surface area contributed by atoms with Crippen LogP contribution in [-0.2, 0) is 0 Å². The van der Waals surface area contributed by atoms with Crippen LogP contribution < -0.4 is 16.0 Å². The summed E-state index contributed by atoms with van der Waals surface area (Å²) in [6.07, 6.45) is 6.22. The first kappa shape index (κ1) is 22.1. The molecule has 2 aromatic heterocycles. The van der Waals surface area contributed by atoms with Crippen LogP contribution in [0, 0.1) is 10.8 Å². The molecule has 1 fully saturated rings. The Hall–Kier alpha value is -2.57. The monoisotopic (exact) mass is 412 g/mol. The van der Waals surface area contributed by atoms with Crippen molar-refractivity contribution in [3.05, 3.63) is 36.0 Å². The van der Waals surface area contributed by atoms with Gasteiger partial charge in [-0.1, -0.05) is 34.6 Å². The van der Waals surface area contributed by atoms with E-state index in [1.807, 2.05) is 7.05 Å². The van der Waals surface area contributed by atoms with Crippen molar-refractivity contribution < 1.29 is 4.79 Å². The van der Waals surface area contributed by atoms with Crippen molar-refractivity contribution in [2.24, 2.45) is 10.8 Å². The van der Waals surface area contributed by atoms with Gasteiger partial charge in [0.1, 0.15) is 5.82 Å². The fraction of sp³-hybridized carbons (Fsp3) is 0.609. The maximum atomic E-state index is 12.6. The van der Waals surface area contributed by atoms with Crippen LogP contribution in [0.15, 0.2) is 24.5 Å². The SMILES string of the molecule is CNc1nc(C2CCC(C)(C)C(NC(=O)c3ncc[nH]3)C2)ccc1NCC(C)(C)C. The highest BCUT2D eigenvalue weighted by atomic mass is 16.2. The molecule has 0 saturated heterocycles. The fourth-order valence-electron chi connectivity index (χ4n) is 3.98. The number of pyridine rings is 1. The third-order valence-electron chi connectivity index (χ3n) is 6.00. The highest BCUT2D eigenvalue weighted by Gasteiger charge is 2.38. The van der Waals surface area contributed by atoms with Gasteiger partial charge in [0.15, 0.2) is 5.82 Å². The number of anilines is 2. The number of nitrogens with one attached hydrogen (secondary N) is 4. The minimum Gasteiger partial charge on any atom is -0.382 e. The molecule has 0 radical (unpaired) electrons. The van der Waals surface area contributed by atoms with Gasteiger partial charge in [0.25, 0.3) is 5.91 Å². The summed E-state index contributed by atoms with van der Waals surface area (Å²) in [5.41, 5.74) is 2.32. The lowest BCUT2D eigenvalue weighted by molar-refractivity contribution is 0.0827. The second-order valence-electron chi connectivity index (χ2n) is 10.2. The minimum absolute atomic E-state index is 0.0266. The Morgan fingerprint density at radius 2 is 2.07 bits per heavy atom. The Morgan fingerprint density at radius 3 is 2.70 bits per heavy atom. The lowest BCUT2D eigenvalue weighted by Gasteiger charge is -2.42. The molecule has 2 aromatic rings. The average molecular weight is 413 g/mol. The molecule has 2 atom stereocenters. The molecule has 0 bridgehead atoms. The smallest absolute Gasteiger partial charge is 0.287 e. The van der Waals surface area contributed by atoms with Gasteiger partial charge in [0.2, 0.25) is 0 Å². The molecule has 0 spiro atoms. The summed E-state index contributed by atoms with van der Waals surface area (Å²) in [4.78, 5) is 24.5. The third-order valence-corrected chi connectivity index (χ3v) is 6.00. The largest absolute Gasteiger partial charge is 0.382 e. The molecular weight excluding hydrogens is 376 g/mol. The first-order valence-electron chi connectivity index (χ1n) is 10.8. The summed E-state index contributed by atoms with van der Waals surface area (Å²) in [5.74, 6) is 1.39. The van der Waals surface area contributed by atoms with Crippen LogP contribution in [0.4, 0.5) is 11.5 Å². The van der Waals surface area contributed by atoms with Gasteiger partial charge < -0.3 is 20.9 Å². The molecule has 0 aromatic carbocycles. The molecule has 1 saturated carbocycles. The standard InChI is InChI=1S/C23H36N6O/c1-22(2,3)14-27-17-8-7-16(28-19(17)24-6)15-9-10-23(4,5)18(13-15)29-21(30)20-25-11-12-26-20/h7-8,11-12,15,18,27H,9-10,13-14H2,1-6H3,(H,24,28)(H,25,26)(H,29,30). The summed E-state index contributed by atoms with van der Waals surface area (Å²) < 4.78 is 0. The Bertz CT molecular complexity index is 853. The molecule has 4 N–H and O–H groups in total. The third kappa shape index (κ3) is 5.32. The number of aromatic amines is 1. The molecule has 1 aliphatic carbocycles. The van der Waals surface area contributed by atoms with Crippen molar-refractivity contribution in [2.75, 3.05) is 24.2 Å². The van der Waals surface area contributed by atoms with Crippen molar-refractivity contribution in [3.8, 4) is 0 Å². The van der Waals surface area contributed by atoms with E-state index in [-0.39, 0.29) is 22.8 Å². The quantitative estimate of drug-likeness (QED) is 0.564. The van der Waals surface area contributed by atoms with Gasteiger partial charge in [-0.15, -0.1) is 0 Å². The van der Waals surface area contributed by atoms with Gasteiger partial charge in [0, 0.05) is 43.6 Å². The average Bonchev–Trinajstić information content (AvgIpc) is 3.22. The molecule has 3 rings (SSSR count). The molecular formula is C23H36N6O. The lowest BCUT2D eigenvalue weighted by atomic mass is 9.68. The first-order valence-corrected chi connectivity index (χ1v) is 10.8. The number of amides is 1. The van der Waals surface area contributed by atoms with E-state index in [9.17, 15) is 4.79 Å². The first-order chi connectivity index (χ1) is 14.1. The van der Waals surface area contributed by atoms with Gasteiger partial charge in [-0.2, -0.15) is 0 Å². The molecule has 164 valence electrons. The summed E-state index contributed by atoms with van der Waals surface area (Å²) in [6.45, 7) is 12.0.